The number of hydrogen-bond acceptors (Lipinski definition) is 12. The summed E-state index contributed by atoms with van der Waals surface area (Å²) in [7, 11) is 0. The second kappa shape index (κ2) is 14.2. The Morgan fingerprint density at radius 3 is 2.02 bits per heavy atom. The second-order valence-electron chi connectivity index (χ2n) is 21.0. The number of aliphatic hydroxyl groups excluding tert-OH is 7. The Morgan fingerprint density at radius 2 is 1.36 bits per heavy atom. The molecule has 2 spiro atoms. The number of allylic oxidation sites excluding steroid dienone is 1. The summed E-state index contributed by atoms with van der Waals surface area (Å²) in [6, 6.07) is 0. The molecule has 0 amide bonds. The molecule has 19 unspecified atom stereocenters. The fourth-order valence-corrected chi connectivity index (χ4v) is 14.4. The van der Waals surface area contributed by atoms with E-state index in [0.29, 0.717) is 23.2 Å². The van der Waals surface area contributed by atoms with E-state index in [-0.39, 0.29) is 33.2 Å². The van der Waals surface area contributed by atoms with Crippen LogP contribution in [0.25, 0.3) is 0 Å². The molecule has 55 heavy (non-hydrogen) atoms. The van der Waals surface area contributed by atoms with Crippen LogP contribution in [-0.2, 0) is 18.9 Å². The molecule has 12 heteroatoms. The van der Waals surface area contributed by atoms with Crippen LogP contribution in [0.3, 0.4) is 0 Å². The fourth-order valence-electron chi connectivity index (χ4n) is 14.4. The summed E-state index contributed by atoms with van der Waals surface area (Å²) in [5, 5.41) is 83.9. The number of ether oxygens (including phenoxy) is 4. The second-order valence-corrected chi connectivity index (χ2v) is 21.0. The van der Waals surface area contributed by atoms with E-state index in [4.69, 9.17) is 18.9 Å². The van der Waals surface area contributed by atoms with Crippen LogP contribution >= 0.6 is 0 Å². The lowest BCUT2D eigenvalue weighted by Gasteiger charge is -2.67. The molecule has 7 aliphatic rings. The Bertz CT molecular complexity index is 1430. The van der Waals surface area contributed by atoms with E-state index in [0.717, 1.165) is 25.7 Å². The van der Waals surface area contributed by atoms with Gasteiger partial charge in [-0.1, -0.05) is 53.7 Å². The average Bonchev–Trinajstić information content (AvgIpc) is 3.71. The van der Waals surface area contributed by atoms with Crippen molar-refractivity contribution in [2.75, 3.05) is 13.2 Å². The lowest BCUT2D eigenvalue weighted by molar-refractivity contribution is -0.369. The van der Waals surface area contributed by atoms with Crippen LogP contribution < -0.4 is 0 Å². The lowest BCUT2D eigenvalue weighted by Crippen LogP contribution is -2.66. The van der Waals surface area contributed by atoms with E-state index < -0.39 is 80.2 Å². The Labute approximate surface area is 327 Å². The Balaban J connectivity index is 1.05. The zero-order valence-electron chi connectivity index (χ0n) is 34.4. The summed E-state index contributed by atoms with van der Waals surface area (Å²) < 4.78 is 24.1. The first-order valence-corrected chi connectivity index (χ1v) is 21.2. The highest BCUT2D eigenvalue weighted by Crippen LogP contribution is 2.92. The van der Waals surface area contributed by atoms with Crippen molar-refractivity contribution in [2.45, 2.75) is 193 Å². The van der Waals surface area contributed by atoms with Crippen LogP contribution in [0.2, 0.25) is 0 Å². The van der Waals surface area contributed by atoms with Gasteiger partial charge >= 0.3 is 0 Å². The number of hydrogen-bond donors (Lipinski definition) is 8. The van der Waals surface area contributed by atoms with E-state index in [9.17, 15) is 40.9 Å². The smallest absolute Gasteiger partial charge is 0.187 e. The molecule has 19 atom stereocenters. The summed E-state index contributed by atoms with van der Waals surface area (Å²) in [5.41, 5.74) is -0.0457. The molecule has 2 heterocycles. The predicted molar refractivity (Wildman–Crippen MR) is 202 cm³/mol. The highest BCUT2D eigenvalue weighted by Gasteiger charge is 2.85. The van der Waals surface area contributed by atoms with Gasteiger partial charge in [-0.05, 0) is 128 Å². The average molecular weight is 781 g/mol. The molecule has 8 N–H and O–H groups in total. The van der Waals surface area contributed by atoms with Gasteiger partial charge in [0.25, 0.3) is 0 Å². The van der Waals surface area contributed by atoms with Crippen molar-refractivity contribution in [3.05, 3.63) is 12.2 Å². The Morgan fingerprint density at radius 1 is 0.727 bits per heavy atom. The molecular formula is C43H72O12. The van der Waals surface area contributed by atoms with E-state index in [2.05, 4.69) is 47.6 Å². The van der Waals surface area contributed by atoms with E-state index in [1.165, 1.54) is 38.5 Å². The van der Waals surface area contributed by atoms with Gasteiger partial charge in [0, 0.05) is 0 Å². The van der Waals surface area contributed by atoms with Crippen LogP contribution in [0.5, 0.6) is 0 Å². The topological polar surface area (TPSA) is 199 Å². The summed E-state index contributed by atoms with van der Waals surface area (Å²) >= 11 is 0. The third-order valence-electron chi connectivity index (χ3n) is 18.1. The lowest BCUT2D eigenvalue weighted by atomic mass is 9.38. The van der Waals surface area contributed by atoms with Crippen LogP contribution in [-0.4, -0.2) is 127 Å². The molecule has 0 aromatic carbocycles. The molecule has 2 aliphatic heterocycles. The molecule has 0 aromatic heterocycles. The first kappa shape index (κ1) is 42.4. The van der Waals surface area contributed by atoms with E-state index >= 15 is 0 Å². The molecule has 316 valence electrons. The monoisotopic (exact) mass is 781 g/mol. The maximum atomic E-state index is 11.4. The van der Waals surface area contributed by atoms with E-state index in [1.54, 1.807) is 0 Å². The first-order valence-electron chi connectivity index (χ1n) is 21.2. The van der Waals surface area contributed by atoms with Crippen LogP contribution in [0.4, 0.5) is 0 Å². The molecule has 5 saturated carbocycles. The van der Waals surface area contributed by atoms with Crippen molar-refractivity contribution < 1.29 is 59.8 Å². The van der Waals surface area contributed by atoms with Crippen molar-refractivity contribution >= 4 is 0 Å². The van der Waals surface area contributed by atoms with E-state index in [1.807, 2.05) is 19.9 Å². The molecule has 0 aromatic rings. The third-order valence-corrected chi connectivity index (χ3v) is 18.1. The maximum absolute atomic E-state index is 11.4. The molecule has 7 rings (SSSR count). The first-order chi connectivity index (χ1) is 25.6. The number of rotatable bonds is 10. The predicted octanol–water partition coefficient (Wildman–Crippen LogP) is 3.18. The number of aliphatic hydroxyl groups is 8. The SMILES string of the molecule is CC(CC=CC(C)(C)O)C1CCC2(C)C3CCC4(C)C(C)(C)C(OC5OC(CO)C(OC6OC(CO)C(O)C(O)C6O)C(O)C5O)CCC45CC35CCC12C. The van der Waals surface area contributed by atoms with Gasteiger partial charge < -0.3 is 59.8 Å². The van der Waals surface area contributed by atoms with Gasteiger partial charge in [-0.25, -0.2) is 0 Å². The highest BCUT2D eigenvalue weighted by atomic mass is 16.7. The molecule has 0 bridgehead atoms. The van der Waals surface area contributed by atoms with Gasteiger partial charge in [0.15, 0.2) is 12.6 Å². The van der Waals surface area contributed by atoms with Gasteiger partial charge in [-0.2, -0.15) is 0 Å². The zero-order valence-corrected chi connectivity index (χ0v) is 34.4. The fraction of sp³-hybridized carbons (Fsp3) is 0.953. The minimum absolute atomic E-state index is 0.0277. The molecule has 12 nitrogen and oxygen atoms in total. The van der Waals surface area contributed by atoms with Crippen LogP contribution in [0, 0.1) is 50.2 Å². The minimum atomic E-state index is -1.72. The quantitative estimate of drug-likeness (QED) is 0.119. The van der Waals surface area contributed by atoms with Crippen molar-refractivity contribution in [1.29, 1.82) is 0 Å². The summed E-state index contributed by atoms with van der Waals surface area (Å²) in [4.78, 5) is 0. The van der Waals surface area contributed by atoms with Crippen LogP contribution in [0.1, 0.15) is 120 Å². The minimum Gasteiger partial charge on any atom is -0.394 e. The summed E-state index contributed by atoms with van der Waals surface area (Å²) in [6.07, 6.45) is 0.478. The Hall–Kier alpha value is -0.740. The zero-order chi connectivity index (χ0) is 40.3. The largest absolute Gasteiger partial charge is 0.394 e. The normalized spacial score (nSPS) is 53.9. The van der Waals surface area contributed by atoms with Crippen molar-refractivity contribution in [3.8, 4) is 0 Å². The third kappa shape index (κ3) is 6.12. The highest BCUT2D eigenvalue weighted by molar-refractivity contribution is 5.33. The molecule has 2 saturated heterocycles. The summed E-state index contributed by atoms with van der Waals surface area (Å²) in [6.45, 7) is 17.1. The molecule has 7 fully saturated rings. The van der Waals surface area contributed by atoms with Gasteiger partial charge in [0.2, 0.25) is 0 Å². The van der Waals surface area contributed by atoms with Crippen LogP contribution in [0.15, 0.2) is 12.2 Å². The molecule has 5 aliphatic carbocycles. The standard InChI is InChI=1S/C43H72O12/c1-23(10-9-14-37(2,3)51)24-11-15-40(7)27-12-16-41(8)38(4,5)28(13-17-43(41)22-42(27,43)19-18-39(24,40)6)54-35-33(50)31(48)34(26(21-45)53-35)55-36-32(49)30(47)29(46)25(20-44)52-36/h9,14,23-36,44-51H,10-13,15-22H2,1-8H3. The van der Waals surface area contributed by atoms with Crippen molar-refractivity contribution in [3.63, 3.8) is 0 Å². The Kier molecular flexibility index (Phi) is 10.9. The number of fused-ring (bicyclic) bond motifs is 2. The molecular weight excluding hydrogens is 708 g/mol. The maximum Gasteiger partial charge on any atom is 0.187 e. The van der Waals surface area contributed by atoms with Gasteiger partial charge in [0.1, 0.15) is 48.8 Å². The summed E-state index contributed by atoms with van der Waals surface area (Å²) in [5.74, 6) is 1.89. The van der Waals surface area contributed by atoms with Gasteiger partial charge in [-0.3, -0.25) is 0 Å². The van der Waals surface area contributed by atoms with Crippen molar-refractivity contribution in [1.82, 2.24) is 0 Å². The van der Waals surface area contributed by atoms with Gasteiger partial charge in [-0.15, -0.1) is 0 Å². The van der Waals surface area contributed by atoms with Gasteiger partial charge in [0.05, 0.1) is 24.9 Å². The van der Waals surface area contributed by atoms with Crippen molar-refractivity contribution in [2.24, 2.45) is 50.2 Å². The molecule has 0 radical (unpaired) electrons.